The number of esters is 1. The minimum atomic E-state index is -0.750. The number of carbonyl (C=O) groups is 1. The first-order chi connectivity index (χ1) is 7.47. The van der Waals surface area contributed by atoms with Gasteiger partial charge in [-0.1, -0.05) is 40.9 Å². The summed E-state index contributed by atoms with van der Waals surface area (Å²) in [7, 11) is 1.29. The molecule has 0 spiro atoms. The van der Waals surface area contributed by atoms with Crippen molar-refractivity contribution in [1.82, 2.24) is 0 Å². The van der Waals surface area contributed by atoms with Crippen LogP contribution in [0.15, 0.2) is 23.8 Å². The van der Waals surface area contributed by atoms with Crippen molar-refractivity contribution in [2.24, 2.45) is 0 Å². The van der Waals surface area contributed by atoms with Gasteiger partial charge in [0.1, 0.15) is 5.57 Å². The van der Waals surface area contributed by atoms with Gasteiger partial charge in [0.05, 0.1) is 7.11 Å². The molecule has 0 saturated heterocycles. The Morgan fingerprint density at radius 3 is 2.56 bits per heavy atom. The average Bonchev–Trinajstić information content (AvgIpc) is 2.41. The van der Waals surface area contributed by atoms with E-state index in [-0.39, 0.29) is 6.54 Å². The van der Waals surface area contributed by atoms with Crippen LogP contribution in [0.25, 0.3) is 0 Å². The second-order valence-electron chi connectivity index (χ2n) is 2.54. The highest BCUT2D eigenvalue weighted by Gasteiger charge is 2.13. The van der Waals surface area contributed by atoms with E-state index in [1.807, 2.05) is 0 Å². The Balaban J connectivity index is 0.000000487. The maximum absolute atomic E-state index is 11.0. The smallest absolute Gasteiger partial charge is 0.340 e. The molecule has 0 unspecified atom stereocenters. The average molecular weight is 287 g/mol. The molecule has 0 amide bonds. The summed E-state index contributed by atoms with van der Waals surface area (Å²) in [5, 5.41) is 10.9. The van der Waals surface area contributed by atoms with Crippen molar-refractivity contribution in [1.29, 1.82) is 0 Å². The number of halogens is 3. The molecule has 0 bridgehead atoms. The van der Waals surface area contributed by atoms with Crippen LogP contribution < -0.4 is 0 Å². The SMILES string of the molecule is COC(=O)C1=CC=CC=[N+]([O-])C1.ClC(Cl)Cl. The van der Waals surface area contributed by atoms with Crippen molar-refractivity contribution in [3.8, 4) is 0 Å². The van der Waals surface area contributed by atoms with Crippen LogP contribution >= 0.6 is 34.8 Å². The van der Waals surface area contributed by atoms with E-state index in [1.54, 1.807) is 18.2 Å². The number of hydrogen-bond donors (Lipinski definition) is 0. The molecule has 0 aromatic rings. The summed E-state index contributed by atoms with van der Waals surface area (Å²) in [6, 6.07) is 0. The third kappa shape index (κ3) is 7.56. The van der Waals surface area contributed by atoms with Crippen molar-refractivity contribution >= 4 is 47.0 Å². The van der Waals surface area contributed by atoms with Crippen molar-refractivity contribution in [2.45, 2.75) is 4.30 Å². The van der Waals surface area contributed by atoms with Gasteiger partial charge in [-0.05, 0) is 6.08 Å². The van der Waals surface area contributed by atoms with E-state index in [0.717, 1.165) is 0 Å². The molecule has 1 aliphatic heterocycles. The summed E-state index contributed by atoms with van der Waals surface area (Å²) in [5.41, 5.74) is 0.359. The van der Waals surface area contributed by atoms with Gasteiger partial charge in [-0.3, -0.25) is 0 Å². The van der Waals surface area contributed by atoms with E-state index >= 15 is 0 Å². The summed E-state index contributed by atoms with van der Waals surface area (Å²) in [6.07, 6.45) is 6.12. The Morgan fingerprint density at radius 1 is 1.50 bits per heavy atom. The molecule has 0 aromatic heterocycles. The van der Waals surface area contributed by atoms with E-state index < -0.39 is 10.3 Å². The molecule has 4 nitrogen and oxygen atoms in total. The zero-order chi connectivity index (χ0) is 12.6. The molecule has 1 heterocycles. The Hall–Kier alpha value is -0.710. The Kier molecular flexibility index (Phi) is 8.07. The monoisotopic (exact) mass is 285 g/mol. The second kappa shape index (κ2) is 8.44. The highest BCUT2D eigenvalue weighted by Crippen LogP contribution is 2.03. The van der Waals surface area contributed by atoms with E-state index in [0.29, 0.717) is 10.3 Å². The number of nitrogens with zero attached hydrogens (tertiary/aromatic N) is 1. The van der Waals surface area contributed by atoms with Crippen LogP contribution in [0.2, 0.25) is 0 Å². The van der Waals surface area contributed by atoms with Crippen molar-refractivity contribution in [3.05, 3.63) is 29.0 Å². The lowest BCUT2D eigenvalue weighted by atomic mass is 10.2. The van der Waals surface area contributed by atoms with Gasteiger partial charge >= 0.3 is 5.97 Å². The standard InChI is InChI=1S/C8H9NO3.CHCl3/c1-12-8(10)7-4-2-3-5-9(11)6-7;2-1(3)4/h2-5H,6H2,1H3;1H. The fourth-order valence-electron chi connectivity index (χ4n) is 0.854. The van der Waals surface area contributed by atoms with E-state index in [4.69, 9.17) is 34.8 Å². The largest absolute Gasteiger partial charge is 0.624 e. The molecule has 0 aliphatic carbocycles. The highest BCUT2D eigenvalue weighted by molar-refractivity contribution is 6.63. The van der Waals surface area contributed by atoms with Gasteiger partial charge in [0, 0.05) is 6.08 Å². The quantitative estimate of drug-likeness (QED) is 0.321. The van der Waals surface area contributed by atoms with Gasteiger partial charge in [-0.25, -0.2) is 9.53 Å². The first kappa shape index (κ1) is 15.3. The molecule has 1 aliphatic rings. The van der Waals surface area contributed by atoms with Gasteiger partial charge in [0.15, 0.2) is 17.1 Å². The Morgan fingerprint density at radius 2 is 2.06 bits per heavy atom. The van der Waals surface area contributed by atoms with Crippen LogP contribution in [0, 0.1) is 5.21 Å². The number of allylic oxidation sites excluding steroid dienone is 3. The second-order valence-corrected chi connectivity index (χ2v) is 4.52. The van der Waals surface area contributed by atoms with Gasteiger partial charge < -0.3 is 9.94 Å². The summed E-state index contributed by atoms with van der Waals surface area (Å²) >= 11 is 14.4. The zero-order valence-corrected chi connectivity index (χ0v) is 10.7. The number of alkyl halides is 3. The first-order valence-electron chi connectivity index (χ1n) is 4.12. The summed E-state index contributed by atoms with van der Waals surface area (Å²) in [4.78, 5) is 11.0. The molecule has 7 heteroatoms. The predicted octanol–water partition coefficient (Wildman–Crippen LogP) is 2.22. The van der Waals surface area contributed by atoms with Gasteiger partial charge in [-0.15, -0.1) is 0 Å². The number of hydrogen-bond acceptors (Lipinski definition) is 3. The van der Waals surface area contributed by atoms with E-state index in [1.165, 1.54) is 13.3 Å². The zero-order valence-electron chi connectivity index (χ0n) is 8.40. The normalized spacial score (nSPS) is 14.3. The Labute approximate surface area is 108 Å². The molecule has 0 aromatic carbocycles. The van der Waals surface area contributed by atoms with Crippen molar-refractivity contribution < 1.29 is 14.3 Å². The van der Waals surface area contributed by atoms with Crippen LogP contribution in [0.1, 0.15) is 0 Å². The number of hydroxylamine groups is 1. The topological polar surface area (TPSA) is 52.4 Å². The number of methoxy groups -OCH3 is 1. The van der Waals surface area contributed by atoms with Crippen LogP contribution in [-0.4, -0.2) is 34.9 Å². The molecule has 16 heavy (non-hydrogen) atoms. The van der Waals surface area contributed by atoms with Gasteiger partial charge in [0.2, 0.25) is 0 Å². The van der Waals surface area contributed by atoms with Gasteiger partial charge in [-0.2, -0.15) is 0 Å². The lowest BCUT2D eigenvalue weighted by Gasteiger charge is -2.03. The fourth-order valence-corrected chi connectivity index (χ4v) is 0.854. The number of carbonyl (C=O) groups excluding carboxylic acids is 1. The summed E-state index contributed by atoms with van der Waals surface area (Å²) in [6.45, 7) is 0.0413. The molecule has 0 fully saturated rings. The maximum Gasteiger partial charge on any atom is 0.340 e. The van der Waals surface area contributed by atoms with Crippen LogP contribution in [0.4, 0.5) is 0 Å². The minimum absolute atomic E-state index is 0.0413. The van der Waals surface area contributed by atoms with Crippen molar-refractivity contribution in [2.75, 3.05) is 13.7 Å². The predicted molar refractivity (Wildman–Crippen MR) is 65.1 cm³/mol. The highest BCUT2D eigenvalue weighted by atomic mass is 35.6. The first-order valence-corrected chi connectivity index (χ1v) is 5.43. The van der Waals surface area contributed by atoms with Gasteiger partial charge in [0.25, 0.3) is 0 Å². The third-order valence-electron chi connectivity index (χ3n) is 1.43. The molecular weight excluding hydrogens is 276 g/mol. The van der Waals surface area contributed by atoms with Crippen molar-refractivity contribution in [3.63, 3.8) is 0 Å². The molecule has 0 atom stereocenters. The van der Waals surface area contributed by atoms with Crippen LogP contribution in [0.3, 0.4) is 0 Å². The van der Waals surface area contributed by atoms with E-state index in [9.17, 15) is 10.0 Å². The van der Waals surface area contributed by atoms with Crippen LogP contribution in [-0.2, 0) is 9.53 Å². The molecule has 90 valence electrons. The summed E-state index contributed by atoms with van der Waals surface area (Å²) in [5.74, 6) is -0.462. The molecule has 1 rings (SSSR count). The molecule has 0 radical (unpaired) electrons. The molecule has 0 N–H and O–H groups in total. The van der Waals surface area contributed by atoms with Crippen LogP contribution in [0.5, 0.6) is 0 Å². The minimum Gasteiger partial charge on any atom is -0.624 e. The maximum atomic E-state index is 11.0. The molecule has 0 saturated carbocycles. The lowest BCUT2D eigenvalue weighted by Crippen LogP contribution is -2.15. The molecular formula is C9H10Cl3NO3. The summed E-state index contributed by atoms with van der Waals surface area (Å²) < 4.78 is 4.40. The fraction of sp³-hybridized carbons (Fsp3) is 0.333. The number of rotatable bonds is 1. The Bertz CT molecular complexity index is 321. The third-order valence-corrected chi connectivity index (χ3v) is 1.43. The lowest BCUT2D eigenvalue weighted by molar-refractivity contribution is -0.441. The van der Waals surface area contributed by atoms with E-state index in [2.05, 4.69) is 4.74 Å². The number of ether oxygens (including phenoxy) is 1.